The van der Waals surface area contributed by atoms with Crippen LogP contribution in [0.25, 0.3) is 0 Å². The summed E-state index contributed by atoms with van der Waals surface area (Å²) in [6.45, 7) is 3.84. The molecule has 1 aromatic carbocycles. The number of aromatic nitrogens is 2. The lowest BCUT2D eigenvalue weighted by atomic mass is 10.2. The Morgan fingerprint density at radius 2 is 2.19 bits per heavy atom. The van der Waals surface area contributed by atoms with Gasteiger partial charge in [0, 0.05) is 4.90 Å². The van der Waals surface area contributed by atoms with Crippen LogP contribution in [0.5, 0.6) is 0 Å². The topological polar surface area (TPSA) is 49.6 Å². The fourth-order valence-electron chi connectivity index (χ4n) is 1.23. The minimum absolute atomic E-state index is 0.692. The van der Waals surface area contributed by atoms with Gasteiger partial charge in [0.15, 0.2) is 4.34 Å². The molecule has 0 saturated carbocycles. The standard InChI is InChI=1S/C11H9N3S2/c1-7-3-4-10(9(5-7)6-12)15-11-13-8(2)14-16-11/h3-5H,1-2H3. The zero-order chi connectivity index (χ0) is 11.5. The molecule has 0 aliphatic rings. The highest BCUT2D eigenvalue weighted by molar-refractivity contribution is 8.01. The summed E-state index contributed by atoms with van der Waals surface area (Å²) in [5, 5.41) is 9.03. The molecule has 2 aromatic rings. The molecule has 0 atom stereocenters. The number of hydrogen-bond donors (Lipinski definition) is 0. The largest absolute Gasteiger partial charge is 0.213 e. The number of benzene rings is 1. The van der Waals surface area contributed by atoms with Gasteiger partial charge in [-0.25, -0.2) is 4.98 Å². The van der Waals surface area contributed by atoms with Gasteiger partial charge in [0.05, 0.1) is 5.56 Å². The molecular formula is C11H9N3S2. The Bertz CT molecular complexity index is 555. The van der Waals surface area contributed by atoms with Crippen LogP contribution in [0.4, 0.5) is 0 Å². The lowest BCUT2D eigenvalue weighted by molar-refractivity contribution is 1.10. The molecule has 0 aliphatic carbocycles. The van der Waals surface area contributed by atoms with Crippen molar-refractivity contribution in [2.75, 3.05) is 0 Å². The molecule has 0 unspecified atom stereocenters. The average molecular weight is 247 g/mol. The van der Waals surface area contributed by atoms with E-state index in [9.17, 15) is 0 Å². The summed E-state index contributed by atoms with van der Waals surface area (Å²) in [6.07, 6.45) is 0. The van der Waals surface area contributed by atoms with Crippen LogP contribution >= 0.6 is 23.3 Å². The van der Waals surface area contributed by atoms with Crippen molar-refractivity contribution in [3.8, 4) is 6.07 Å². The third-order valence-corrected chi connectivity index (χ3v) is 3.88. The molecule has 0 N–H and O–H groups in total. The minimum Gasteiger partial charge on any atom is -0.213 e. The van der Waals surface area contributed by atoms with E-state index in [1.807, 2.05) is 32.0 Å². The van der Waals surface area contributed by atoms with E-state index < -0.39 is 0 Å². The molecule has 2 rings (SSSR count). The van der Waals surface area contributed by atoms with Crippen LogP contribution in [-0.2, 0) is 0 Å². The fourth-order valence-corrected chi connectivity index (χ4v) is 2.90. The van der Waals surface area contributed by atoms with Gasteiger partial charge in [0.1, 0.15) is 11.9 Å². The Morgan fingerprint density at radius 1 is 1.38 bits per heavy atom. The van der Waals surface area contributed by atoms with Gasteiger partial charge in [-0.05, 0) is 43.1 Å². The number of hydrogen-bond acceptors (Lipinski definition) is 5. The highest BCUT2D eigenvalue weighted by atomic mass is 32.2. The Labute approximate surface area is 102 Å². The highest BCUT2D eigenvalue weighted by Crippen LogP contribution is 2.31. The summed E-state index contributed by atoms with van der Waals surface area (Å²) >= 11 is 2.85. The van der Waals surface area contributed by atoms with E-state index in [2.05, 4.69) is 15.4 Å². The summed E-state index contributed by atoms with van der Waals surface area (Å²) in [5.41, 5.74) is 1.78. The molecule has 16 heavy (non-hydrogen) atoms. The summed E-state index contributed by atoms with van der Waals surface area (Å²) in [7, 11) is 0. The summed E-state index contributed by atoms with van der Waals surface area (Å²) in [6, 6.07) is 8.03. The lowest BCUT2D eigenvalue weighted by Gasteiger charge is -2.01. The van der Waals surface area contributed by atoms with Crippen LogP contribution < -0.4 is 0 Å². The van der Waals surface area contributed by atoms with Gasteiger partial charge in [-0.3, -0.25) is 0 Å². The molecule has 1 heterocycles. The van der Waals surface area contributed by atoms with Gasteiger partial charge in [-0.1, -0.05) is 17.8 Å². The molecule has 0 aliphatic heterocycles. The molecule has 5 heteroatoms. The van der Waals surface area contributed by atoms with Gasteiger partial charge in [0.2, 0.25) is 0 Å². The second-order valence-electron chi connectivity index (χ2n) is 3.32. The Kier molecular flexibility index (Phi) is 3.22. The first kappa shape index (κ1) is 11.1. The maximum Gasteiger partial charge on any atom is 0.174 e. The molecule has 0 radical (unpaired) electrons. The van der Waals surface area contributed by atoms with Crippen molar-refractivity contribution in [1.29, 1.82) is 5.26 Å². The lowest BCUT2D eigenvalue weighted by Crippen LogP contribution is -1.83. The normalized spacial score (nSPS) is 10.1. The Hall–Kier alpha value is -1.38. The molecule has 0 amide bonds. The van der Waals surface area contributed by atoms with Crippen molar-refractivity contribution in [2.45, 2.75) is 23.1 Å². The number of nitrogens with zero attached hydrogens (tertiary/aromatic N) is 3. The molecule has 80 valence electrons. The maximum atomic E-state index is 9.03. The smallest absolute Gasteiger partial charge is 0.174 e. The summed E-state index contributed by atoms with van der Waals surface area (Å²) in [4.78, 5) is 5.20. The van der Waals surface area contributed by atoms with Gasteiger partial charge in [-0.2, -0.15) is 9.64 Å². The van der Waals surface area contributed by atoms with Crippen LogP contribution in [0.1, 0.15) is 17.0 Å². The third-order valence-electron chi connectivity index (χ3n) is 1.96. The zero-order valence-electron chi connectivity index (χ0n) is 8.89. The predicted molar refractivity (Wildman–Crippen MR) is 64.7 cm³/mol. The minimum atomic E-state index is 0.692. The SMILES string of the molecule is Cc1ccc(Sc2nc(C)ns2)c(C#N)c1. The fraction of sp³-hybridized carbons (Fsp3) is 0.182. The molecule has 0 spiro atoms. The van der Waals surface area contributed by atoms with Gasteiger partial charge in [0.25, 0.3) is 0 Å². The van der Waals surface area contributed by atoms with E-state index >= 15 is 0 Å². The predicted octanol–water partition coefficient (Wildman–Crippen LogP) is 3.18. The summed E-state index contributed by atoms with van der Waals surface area (Å²) in [5.74, 6) is 0.776. The Morgan fingerprint density at radius 3 is 2.81 bits per heavy atom. The van der Waals surface area contributed by atoms with Crippen LogP contribution in [0.3, 0.4) is 0 Å². The second kappa shape index (κ2) is 4.64. The average Bonchev–Trinajstić information content (AvgIpc) is 2.67. The molecule has 0 saturated heterocycles. The van der Waals surface area contributed by atoms with E-state index in [-0.39, 0.29) is 0 Å². The van der Waals surface area contributed by atoms with E-state index in [0.29, 0.717) is 5.56 Å². The zero-order valence-corrected chi connectivity index (χ0v) is 10.5. The number of nitriles is 1. The van der Waals surface area contributed by atoms with Crippen molar-refractivity contribution in [3.63, 3.8) is 0 Å². The molecule has 1 aromatic heterocycles. The third kappa shape index (κ3) is 2.40. The van der Waals surface area contributed by atoms with Crippen molar-refractivity contribution >= 4 is 23.3 Å². The van der Waals surface area contributed by atoms with E-state index in [4.69, 9.17) is 5.26 Å². The number of rotatable bonds is 2. The van der Waals surface area contributed by atoms with Crippen molar-refractivity contribution in [1.82, 2.24) is 9.36 Å². The van der Waals surface area contributed by atoms with E-state index in [1.165, 1.54) is 23.3 Å². The van der Waals surface area contributed by atoms with Crippen LogP contribution in [0, 0.1) is 25.2 Å². The first-order chi connectivity index (χ1) is 7.69. The Balaban J connectivity index is 2.31. The molecule has 3 nitrogen and oxygen atoms in total. The van der Waals surface area contributed by atoms with Crippen molar-refractivity contribution < 1.29 is 0 Å². The van der Waals surface area contributed by atoms with Gasteiger partial charge < -0.3 is 0 Å². The summed E-state index contributed by atoms with van der Waals surface area (Å²) < 4.78 is 4.99. The quantitative estimate of drug-likeness (QED) is 0.817. The first-order valence-corrected chi connectivity index (χ1v) is 6.27. The van der Waals surface area contributed by atoms with E-state index in [1.54, 1.807) is 0 Å². The van der Waals surface area contributed by atoms with Crippen molar-refractivity contribution in [3.05, 3.63) is 35.2 Å². The molecule has 0 bridgehead atoms. The van der Waals surface area contributed by atoms with Crippen LogP contribution in [0.2, 0.25) is 0 Å². The second-order valence-corrected chi connectivity index (χ2v) is 5.36. The maximum absolute atomic E-state index is 9.03. The van der Waals surface area contributed by atoms with E-state index in [0.717, 1.165) is 20.6 Å². The van der Waals surface area contributed by atoms with Crippen LogP contribution in [-0.4, -0.2) is 9.36 Å². The molecule has 0 fully saturated rings. The van der Waals surface area contributed by atoms with Gasteiger partial charge in [-0.15, -0.1) is 0 Å². The monoisotopic (exact) mass is 247 g/mol. The van der Waals surface area contributed by atoms with Crippen molar-refractivity contribution in [2.24, 2.45) is 0 Å². The first-order valence-electron chi connectivity index (χ1n) is 4.68. The highest BCUT2D eigenvalue weighted by Gasteiger charge is 2.07. The number of aryl methyl sites for hydroxylation is 2. The van der Waals surface area contributed by atoms with Crippen LogP contribution in [0.15, 0.2) is 27.4 Å². The van der Waals surface area contributed by atoms with Gasteiger partial charge >= 0.3 is 0 Å². The molecular weight excluding hydrogens is 238 g/mol.